The smallest absolute Gasteiger partial charge is 0.233 e. The summed E-state index contributed by atoms with van der Waals surface area (Å²) in [5.74, 6) is -1.02. The maximum atomic E-state index is 11.9. The van der Waals surface area contributed by atoms with Gasteiger partial charge in [0.15, 0.2) is 0 Å². The van der Waals surface area contributed by atoms with Gasteiger partial charge >= 0.3 is 0 Å². The van der Waals surface area contributed by atoms with Crippen molar-refractivity contribution in [3.63, 3.8) is 0 Å². The lowest BCUT2D eigenvalue weighted by atomic mass is 10.0. The van der Waals surface area contributed by atoms with E-state index in [4.69, 9.17) is 0 Å². The van der Waals surface area contributed by atoms with E-state index in [-0.39, 0.29) is 0 Å². The SMILES string of the molecule is C=C/C=C(\C=C/C)C(=O)C(=O)c1ccccc1. The van der Waals surface area contributed by atoms with Crippen LogP contribution in [0.25, 0.3) is 0 Å². The van der Waals surface area contributed by atoms with E-state index in [1.165, 1.54) is 12.2 Å². The van der Waals surface area contributed by atoms with Gasteiger partial charge in [-0.05, 0) is 6.92 Å². The minimum atomic E-state index is -0.519. The molecule has 1 aromatic carbocycles. The van der Waals surface area contributed by atoms with Crippen molar-refractivity contribution >= 4 is 11.6 Å². The van der Waals surface area contributed by atoms with Gasteiger partial charge in [-0.1, -0.05) is 61.2 Å². The lowest BCUT2D eigenvalue weighted by Gasteiger charge is -2.00. The zero-order chi connectivity index (χ0) is 12.7. The highest BCUT2D eigenvalue weighted by molar-refractivity contribution is 6.49. The highest BCUT2D eigenvalue weighted by Gasteiger charge is 2.17. The number of carbonyl (C=O) groups is 2. The molecule has 0 bridgehead atoms. The molecule has 0 spiro atoms. The van der Waals surface area contributed by atoms with Gasteiger partial charge in [-0.25, -0.2) is 0 Å². The number of hydrogen-bond acceptors (Lipinski definition) is 2. The fourth-order valence-corrected chi connectivity index (χ4v) is 1.37. The predicted octanol–water partition coefficient (Wildman–Crippen LogP) is 3.13. The zero-order valence-electron chi connectivity index (χ0n) is 9.72. The molecule has 1 rings (SSSR count). The Morgan fingerprint density at radius 1 is 1.18 bits per heavy atom. The largest absolute Gasteiger partial charge is 0.285 e. The summed E-state index contributed by atoms with van der Waals surface area (Å²) in [6, 6.07) is 8.51. The maximum absolute atomic E-state index is 11.9. The Balaban J connectivity index is 3.01. The molecule has 0 aliphatic rings. The number of carbonyl (C=O) groups excluding carboxylic acids is 2. The third-order valence-corrected chi connectivity index (χ3v) is 2.15. The lowest BCUT2D eigenvalue weighted by Crippen LogP contribution is -2.15. The number of hydrogen-bond donors (Lipinski definition) is 0. The van der Waals surface area contributed by atoms with Crippen molar-refractivity contribution < 1.29 is 9.59 Å². The second-order valence-electron chi connectivity index (χ2n) is 3.38. The van der Waals surface area contributed by atoms with E-state index in [9.17, 15) is 9.59 Å². The van der Waals surface area contributed by atoms with Crippen molar-refractivity contribution in [2.45, 2.75) is 6.92 Å². The molecule has 2 heteroatoms. The standard InChI is InChI=1S/C15H14O2/c1-3-8-12(9-4-2)14(16)15(17)13-10-6-5-7-11-13/h3-11H,1H2,2H3/b9-4-,12-8+. The molecule has 0 amide bonds. The van der Waals surface area contributed by atoms with E-state index in [1.54, 1.807) is 49.4 Å². The summed E-state index contributed by atoms with van der Waals surface area (Å²) >= 11 is 0. The Bertz CT molecular complexity index is 479. The molecule has 0 heterocycles. The van der Waals surface area contributed by atoms with E-state index in [1.807, 2.05) is 0 Å². The van der Waals surface area contributed by atoms with Gasteiger partial charge in [0, 0.05) is 11.1 Å². The molecule has 0 N–H and O–H groups in total. The minimum Gasteiger partial charge on any atom is -0.285 e. The first-order valence-corrected chi connectivity index (χ1v) is 5.30. The average Bonchev–Trinajstić information content (AvgIpc) is 2.38. The summed E-state index contributed by atoms with van der Waals surface area (Å²) in [5, 5.41) is 0. The average molecular weight is 226 g/mol. The third kappa shape index (κ3) is 3.38. The van der Waals surface area contributed by atoms with Crippen LogP contribution in [0.2, 0.25) is 0 Å². The predicted molar refractivity (Wildman–Crippen MR) is 68.9 cm³/mol. The first-order valence-electron chi connectivity index (χ1n) is 5.30. The van der Waals surface area contributed by atoms with Crippen LogP contribution in [0.4, 0.5) is 0 Å². The van der Waals surface area contributed by atoms with E-state index in [0.29, 0.717) is 11.1 Å². The molecule has 0 fully saturated rings. The summed E-state index contributed by atoms with van der Waals surface area (Å²) in [6.45, 7) is 5.31. The first kappa shape index (κ1) is 12.8. The number of rotatable bonds is 5. The van der Waals surface area contributed by atoms with Crippen molar-refractivity contribution in [1.82, 2.24) is 0 Å². The topological polar surface area (TPSA) is 34.1 Å². The normalized spacial score (nSPS) is 11.5. The van der Waals surface area contributed by atoms with Crippen molar-refractivity contribution in [3.8, 4) is 0 Å². The second kappa shape index (κ2) is 6.38. The van der Waals surface area contributed by atoms with Crippen molar-refractivity contribution in [1.29, 1.82) is 0 Å². The molecule has 0 saturated carbocycles. The summed E-state index contributed by atoms with van der Waals surface area (Å²) in [4.78, 5) is 23.8. The van der Waals surface area contributed by atoms with E-state index < -0.39 is 11.6 Å². The molecule has 17 heavy (non-hydrogen) atoms. The zero-order valence-corrected chi connectivity index (χ0v) is 9.72. The molecular weight excluding hydrogens is 212 g/mol. The summed E-state index contributed by atoms with van der Waals surface area (Å²) in [5.41, 5.74) is 0.744. The van der Waals surface area contributed by atoms with Crippen molar-refractivity contribution in [2.24, 2.45) is 0 Å². The fourth-order valence-electron chi connectivity index (χ4n) is 1.37. The van der Waals surface area contributed by atoms with Gasteiger partial charge in [-0.2, -0.15) is 0 Å². The summed E-state index contributed by atoms with van der Waals surface area (Å²) in [7, 11) is 0. The Labute approximate surface area is 101 Å². The molecule has 0 aliphatic carbocycles. The monoisotopic (exact) mass is 226 g/mol. The van der Waals surface area contributed by atoms with Crippen LogP contribution in [0, 0.1) is 0 Å². The number of benzene rings is 1. The number of ketones is 2. The Morgan fingerprint density at radius 3 is 2.35 bits per heavy atom. The fraction of sp³-hybridized carbons (Fsp3) is 0.0667. The van der Waals surface area contributed by atoms with Crippen LogP contribution >= 0.6 is 0 Å². The van der Waals surface area contributed by atoms with Crippen LogP contribution in [0.15, 0.2) is 66.8 Å². The molecule has 2 nitrogen and oxygen atoms in total. The van der Waals surface area contributed by atoms with E-state index in [0.717, 1.165) is 0 Å². The molecule has 0 aromatic heterocycles. The molecule has 86 valence electrons. The Kier molecular flexibility index (Phi) is 4.82. The quantitative estimate of drug-likeness (QED) is 0.334. The second-order valence-corrected chi connectivity index (χ2v) is 3.38. The minimum absolute atomic E-state index is 0.344. The highest BCUT2D eigenvalue weighted by atomic mass is 16.2. The molecule has 0 aliphatic heterocycles. The molecule has 0 radical (unpaired) electrons. The maximum Gasteiger partial charge on any atom is 0.233 e. The van der Waals surface area contributed by atoms with E-state index >= 15 is 0 Å². The molecule has 0 saturated heterocycles. The van der Waals surface area contributed by atoms with Gasteiger partial charge < -0.3 is 0 Å². The van der Waals surface area contributed by atoms with Crippen molar-refractivity contribution in [3.05, 3.63) is 72.4 Å². The summed E-state index contributed by atoms with van der Waals surface area (Å²) in [6.07, 6.45) is 6.34. The number of Topliss-reactive ketones (excluding diaryl/α,β-unsaturated/α-hetero) is 2. The highest BCUT2D eigenvalue weighted by Crippen LogP contribution is 2.07. The van der Waals surface area contributed by atoms with Crippen LogP contribution in [0.3, 0.4) is 0 Å². The molecular formula is C15H14O2. The Hall–Kier alpha value is -2.22. The van der Waals surface area contributed by atoms with Gasteiger partial charge in [-0.3, -0.25) is 9.59 Å². The van der Waals surface area contributed by atoms with Crippen LogP contribution in [-0.4, -0.2) is 11.6 Å². The van der Waals surface area contributed by atoms with Crippen molar-refractivity contribution in [2.75, 3.05) is 0 Å². The molecule has 0 atom stereocenters. The van der Waals surface area contributed by atoms with Crippen LogP contribution in [-0.2, 0) is 4.79 Å². The van der Waals surface area contributed by atoms with Gasteiger partial charge in [0.25, 0.3) is 0 Å². The van der Waals surface area contributed by atoms with Crippen LogP contribution < -0.4 is 0 Å². The van der Waals surface area contributed by atoms with Crippen LogP contribution in [0.5, 0.6) is 0 Å². The third-order valence-electron chi connectivity index (χ3n) is 2.15. The number of allylic oxidation sites excluding steroid dienone is 5. The lowest BCUT2D eigenvalue weighted by molar-refractivity contribution is -0.111. The summed E-state index contributed by atoms with van der Waals surface area (Å²) < 4.78 is 0. The molecule has 0 unspecified atom stereocenters. The van der Waals surface area contributed by atoms with E-state index in [2.05, 4.69) is 6.58 Å². The van der Waals surface area contributed by atoms with Gasteiger partial charge in [0.1, 0.15) is 0 Å². The first-order chi connectivity index (χ1) is 8.20. The Morgan fingerprint density at radius 2 is 1.82 bits per heavy atom. The molecule has 1 aromatic rings. The van der Waals surface area contributed by atoms with Crippen LogP contribution in [0.1, 0.15) is 17.3 Å². The van der Waals surface area contributed by atoms with Gasteiger partial charge in [-0.15, -0.1) is 0 Å². The van der Waals surface area contributed by atoms with Gasteiger partial charge in [0.05, 0.1) is 0 Å². The van der Waals surface area contributed by atoms with Gasteiger partial charge in [0.2, 0.25) is 11.6 Å².